The number of hydrogen-bond acceptors (Lipinski definition) is 4. The van der Waals surface area contributed by atoms with Gasteiger partial charge < -0.3 is 10.1 Å². The van der Waals surface area contributed by atoms with Crippen LogP contribution in [0.25, 0.3) is 0 Å². The van der Waals surface area contributed by atoms with Crippen LogP contribution in [0.15, 0.2) is 10.9 Å². The Morgan fingerprint density at radius 3 is 3.29 bits per heavy atom. The molecule has 5 heteroatoms. The zero-order valence-corrected chi connectivity index (χ0v) is 9.82. The number of fused-ring (bicyclic) bond motifs is 1. The molecule has 1 aromatic heterocycles. The molecule has 5 nitrogen and oxygen atoms in total. The van der Waals surface area contributed by atoms with Crippen LogP contribution in [0.3, 0.4) is 0 Å². The molecule has 1 saturated heterocycles. The summed E-state index contributed by atoms with van der Waals surface area (Å²) in [6, 6.07) is 1.90. The molecule has 1 unspecified atom stereocenters. The molecule has 0 aromatic carbocycles. The third-order valence-corrected chi connectivity index (χ3v) is 3.48. The fourth-order valence-corrected chi connectivity index (χ4v) is 2.53. The van der Waals surface area contributed by atoms with Crippen LogP contribution < -0.4 is 10.9 Å². The molecule has 3 heterocycles. The van der Waals surface area contributed by atoms with E-state index in [1.54, 1.807) is 10.7 Å². The maximum atomic E-state index is 12.0. The van der Waals surface area contributed by atoms with Gasteiger partial charge in [-0.2, -0.15) is 5.10 Å². The molecule has 92 valence electrons. The van der Waals surface area contributed by atoms with Crippen molar-refractivity contribution in [2.24, 2.45) is 0 Å². The standard InChI is InChI=1S/C12H17N3O2/c16-12-6-9-8-17-5-3-11(9)14-15(12)10-2-1-4-13-7-10/h6,10,13H,1-5,7-8H2. The molecule has 3 rings (SSSR count). The van der Waals surface area contributed by atoms with E-state index in [1.165, 1.54) is 0 Å². The van der Waals surface area contributed by atoms with Crippen molar-refractivity contribution in [1.82, 2.24) is 15.1 Å². The molecule has 1 aromatic rings. The largest absolute Gasteiger partial charge is 0.376 e. The van der Waals surface area contributed by atoms with Crippen molar-refractivity contribution >= 4 is 0 Å². The van der Waals surface area contributed by atoms with Gasteiger partial charge in [-0.25, -0.2) is 4.68 Å². The molecule has 2 aliphatic heterocycles. The number of nitrogens with zero attached hydrogens (tertiary/aromatic N) is 2. The lowest BCUT2D eigenvalue weighted by Crippen LogP contribution is -2.38. The monoisotopic (exact) mass is 235 g/mol. The van der Waals surface area contributed by atoms with Crippen LogP contribution in [0.1, 0.15) is 30.1 Å². The van der Waals surface area contributed by atoms with Crippen LogP contribution in [0.5, 0.6) is 0 Å². The van der Waals surface area contributed by atoms with E-state index < -0.39 is 0 Å². The second-order valence-corrected chi connectivity index (χ2v) is 4.70. The highest BCUT2D eigenvalue weighted by molar-refractivity contribution is 5.19. The van der Waals surface area contributed by atoms with Crippen molar-refractivity contribution in [3.63, 3.8) is 0 Å². The van der Waals surface area contributed by atoms with Gasteiger partial charge >= 0.3 is 0 Å². The molecule has 1 atom stereocenters. The molecular formula is C12H17N3O2. The summed E-state index contributed by atoms with van der Waals surface area (Å²) in [6.07, 6.45) is 2.96. The SMILES string of the molecule is O=c1cc2c(nn1C1CCCNC1)CCOC2. The summed E-state index contributed by atoms with van der Waals surface area (Å²) in [5, 5.41) is 7.84. The predicted molar refractivity (Wildman–Crippen MR) is 63.0 cm³/mol. The lowest BCUT2D eigenvalue weighted by atomic mass is 10.1. The second-order valence-electron chi connectivity index (χ2n) is 4.70. The summed E-state index contributed by atoms with van der Waals surface area (Å²) >= 11 is 0. The Morgan fingerprint density at radius 1 is 1.53 bits per heavy atom. The van der Waals surface area contributed by atoms with Gasteiger partial charge in [-0.15, -0.1) is 0 Å². The molecule has 0 radical (unpaired) electrons. The maximum Gasteiger partial charge on any atom is 0.267 e. The van der Waals surface area contributed by atoms with Crippen molar-refractivity contribution in [2.75, 3.05) is 19.7 Å². The van der Waals surface area contributed by atoms with Gasteiger partial charge in [-0.3, -0.25) is 4.79 Å². The first-order valence-corrected chi connectivity index (χ1v) is 6.24. The summed E-state index contributed by atoms with van der Waals surface area (Å²) in [6.45, 7) is 3.13. The number of ether oxygens (including phenoxy) is 1. The van der Waals surface area contributed by atoms with Gasteiger partial charge in [0.15, 0.2) is 0 Å². The van der Waals surface area contributed by atoms with E-state index in [9.17, 15) is 4.79 Å². The number of aromatic nitrogens is 2. The Bertz CT molecular complexity index is 463. The van der Waals surface area contributed by atoms with Gasteiger partial charge in [0.2, 0.25) is 0 Å². The van der Waals surface area contributed by atoms with E-state index in [1.807, 2.05) is 0 Å². The Balaban J connectivity index is 1.96. The van der Waals surface area contributed by atoms with Crippen molar-refractivity contribution in [3.05, 3.63) is 27.7 Å². The molecule has 0 saturated carbocycles. The normalized spacial score (nSPS) is 24.4. The average Bonchev–Trinajstić information content (AvgIpc) is 2.39. The lowest BCUT2D eigenvalue weighted by Gasteiger charge is -2.25. The molecule has 0 bridgehead atoms. The second kappa shape index (κ2) is 4.58. The Hall–Kier alpha value is -1.20. The van der Waals surface area contributed by atoms with E-state index in [0.29, 0.717) is 13.2 Å². The first-order chi connectivity index (χ1) is 8.34. The van der Waals surface area contributed by atoms with Crippen molar-refractivity contribution in [3.8, 4) is 0 Å². The van der Waals surface area contributed by atoms with E-state index >= 15 is 0 Å². The van der Waals surface area contributed by atoms with Gasteiger partial charge in [0.05, 0.1) is 24.9 Å². The number of rotatable bonds is 1. The highest BCUT2D eigenvalue weighted by Crippen LogP contribution is 2.16. The van der Waals surface area contributed by atoms with Crippen molar-refractivity contribution in [1.29, 1.82) is 0 Å². The van der Waals surface area contributed by atoms with Gasteiger partial charge in [0, 0.05) is 24.6 Å². The third kappa shape index (κ3) is 2.12. The highest BCUT2D eigenvalue weighted by atomic mass is 16.5. The molecule has 17 heavy (non-hydrogen) atoms. The number of nitrogens with one attached hydrogen (secondary N) is 1. The fourth-order valence-electron chi connectivity index (χ4n) is 2.53. The molecule has 0 spiro atoms. The van der Waals surface area contributed by atoms with Crippen molar-refractivity contribution < 1.29 is 4.74 Å². The molecule has 0 aliphatic carbocycles. The maximum absolute atomic E-state index is 12.0. The Labute approximate surface area is 99.8 Å². The zero-order chi connectivity index (χ0) is 11.7. The van der Waals surface area contributed by atoms with E-state index in [4.69, 9.17) is 4.74 Å². The third-order valence-electron chi connectivity index (χ3n) is 3.48. The minimum Gasteiger partial charge on any atom is -0.376 e. The smallest absolute Gasteiger partial charge is 0.267 e. The van der Waals surface area contributed by atoms with E-state index in [0.717, 1.165) is 43.6 Å². The summed E-state index contributed by atoms with van der Waals surface area (Å²) in [4.78, 5) is 12.0. The van der Waals surface area contributed by atoms with Gasteiger partial charge in [0.25, 0.3) is 5.56 Å². The first-order valence-electron chi connectivity index (χ1n) is 6.24. The van der Waals surface area contributed by atoms with E-state index in [-0.39, 0.29) is 11.6 Å². The lowest BCUT2D eigenvalue weighted by molar-refractivity contribution is 0.107. The average molecular weight is 235 g/mol. The summed E-state index contributed by atoms with van der Waals surface area (Å²) in [5.41, 5.74) is 1.99. The van der Waals surface area contributed by atoms with Crippen molar-refractivity contribution in [2.45, 2.75) is 31.9 Å². The molecular weight excluding hydrogens is 218 g/mol. The Kier molecular flexibility index (Phi) is 2.94. The van der Waals surface area contributed by atoms with Crippen LogP contribution in [-0.2, 0) is 17.8 Å². The molecule has 1 N–H and O–H groups in total. The highest BCUT2D eigenvalue weighted by Gasteiger charge is 2.20. The molecule has 2 aliphatic rings. The Morgan fingerprint density at radius 2 is 2.47 bits per heavy atom. The fraction of sp³-hybridized carbons (Fsp3) is 0.667. The topological polar surface area (TPSA) is 56.2 Å². The summed E-state index contributed by atoms with van der Waals surface area (Å²) < 4.78 is 7.00. The van der Waals surface area contributed by atoms with Crippen LogP contribution in [-0.4, -0.2) is 29.5 Å². The van der Waals surface area contributed by atoms with Crippen LogP contribution in [0.2, 0.25) is 0 Å². The minimum absolute atomic E-state index is 0.00273. The van der Waals surface area contributed by atoms with Gasteiger partial charge in [-0.05, 0) is 19.4 Å². The van der Waals surface area contributed by atoms with Gasteiger partial charge in [-0.1, -0.05) is 0 Å². The minimum atomic E-state index is 0.00273. The summed E-state index contributed by atoms with van der Waals surface area (Å²) in [7, 11) is 0. The predicted octanol–water partition coefficient (Wildman–Crippen LogP) is 0.240. The number of piperidine rings is 1. The van der Waals surface area contributed by atoms with Crippen LogP contribution in [0, 0.1) is 0 Å². The van der Waals surface area contributed by atoms with Crippen LogP contribution >= 0.6 is 0 Å². The van der Waals surface area contributed by atoms with Crippen LogP contribution in [0.4, 0.5) is 0 Å². The quantitative estimate of drug-likeness (QED) is 0.757. The zero-order valence-electron chi connectivity index (χ0n) is 9.82. The molecule has 0 amide bonds. The van der Waals surface area contributed by atoms with Gasteiger partial charge in [0.1, 0.15) is 0 Å². The molecule has 1 fully saturated rings. The first kappa shape index (κ1) is 10.9. The number of hydrogen-bond donors (Lipinski definition) is 1. The van der Waals surface area contributed by atoms with E-state index in [2.05, 4.69) is 10.4 Å². The summed E-state index contributed by atoms with van der Waals surface area (Å²) in [5.74, 6) is 0.